The summed E-state index contributed by atoms with van der Waals surface area (Å²) >= 11 is 0. The van der Waals surface area contributed by atoms with Gasteiger partial charge in [0.25, 0.3) is 0 Å². The van der Waals surface area contributed by atoms with E-state index in [4.69, 9.17) is 4.74 Å². The molecule has 0 radical (unpaired) electrons. The molecule has 118 valence electrons. The number of sulfonamides is 1. The van der Waals surface area contributed by atoms with Gasteiger partial charge in [0.15, 0.2) is 0 Å². The molecule has 1 aromatic rings. The van der Waals surface area contributed by atoms with Gasteiger partial charge in [-0.15, -0.1) is 0 Å². The number of amides is 1. The van der Waals surface area contributed by atoms with Gasteiger partial charge in [-0.2, -0.15) is 0 Å². The van der Waals surface area contributed by atoms with E-state index in [1.54, 1.807) is 12.1 Å². The SMILES string of the molecule is COc1ccc(NC(=O)CCC(C)C)cc1NS(C)(=O)=O. The molecule has 0 heterocycles. The smallest absolute Gasteiger partial charge is 0.229 e. The molecule has 0 spiro atoms. The molecule has 0 aliphatic carbocycles. The summed E-state index contributed by atoms with van der Waals surface area (Å²) in [6, 6.07) is 4.80. The van der Waals surface area contributed by atoms with Gasteiger partial charge in [-0.1, -0.05) is 13.8 Å². The Kier molecular flexibility index (Phi) is 6.02. The minimum absolute atomic E-state index is 0.0980. The van der Waals surface area contributed by atoms with Crippen LogP contribution in [0.3, 0.4) is 0 Å². The van der Waals surface area contributed by atoms with Gasteiger partial charge in [-0.25, -0.2) is 8.42 Å². The summed E-state index contributed by atoms with van der Waals surface area (Å²) in [7, 11) is -1.97. The molecule has 6 nitrogen and oxygen atoms in total. The highest BCUT2D eigenvalue weighted by molar-refractivity contribution is 7.92. The third kappa shape index (κ3) is 6.48. The van der Waals surface area contributed by atoms with Crippen LogP contribution >= 0.6 is 0 Å². The molecule has 0 saturated carbocycles. The highest BCUT2D eigenvalue weighted by Gasteiger charge is 2.11. The second kappa shape index (κ2) is 7.31. The van der Waals surface area contributed by atoms with Crippen LogP contribution in [0.25, 0.3) is 0 Å². The molecule has 0 aliphatic heterocycles. The van der Waals surface area contributed by atoms with Gasteiger partial charge in [0, 0.05) is 12.1 Å². The number of rotatable bonds is 7. The number of carbonyl (C=O) groups excluding carboxylic acids is 1. The van der Waals surface area contributed by atoms with Crippen LogP contribution in [0.4, 0.5) is 11.4 Å². The van der Waals surface area contributed by atoms with Crippen molar-refractivity contribution in [2.45, 2.75) is 26.7 Å². The van der Waals surface area contributed by atoms with Gasteiger partial charge < -0.3 is 10.1 Å². The van der Waals surface area contributed by atoms with E-state index in [0.717, 1.165) is 12.7 Å². The predicted octanol–water partition coefficient (Wildman–Crippen LogP) is 2.44. The van der Waals surface area contributed by atoms with E-state index in [1.807, 2.05) is 0 Å². The van der Waals surface area contributed by atoms with Crippen LogP contribution in [0.2, 0.25) is 0 Å². The molecule has 0 aromatic heterocycles. The lowest BCUT2D eigenvalue weighted by Gasteiger charge is -2.12. The first-order valence-corrected chi connectivity index (χ1v) is 8.56. The fourth-order valence-electron chi connectivity index (χ4n) is 1.71. The average molecular weight is 314 g/mol. The summed E-state index contributed by atoms with van der Waals surface area (Å²) in [5.41, 5.74) is 0.817. The predicted molar refractivity (Wildman–Crippen MR) is 84.2 cm³/mol. The molecular weight excluding hydrogens is 292 g/mol. The van der Waals surface area contributed by atoms with Crippen LogP contribution in [0.5, 0.6) is 5.75 Å². The molecule has 0 bridgehead atoms. The largest absolute Gasteiger partial charge is 0.495 e. The Balaban J connectivity index is 2.85. The van der Waals surface area contributed by atoms with Crippen LogP contribution in [0.1, 0.15) is 26.7 Å². The Labute approximate surface area is 125 Å². The topological polar surface area (TPSA) is 84.5 Å². The van der Waals surface area contributed by atoms with Gasteiger partial charge in [-0.05, 0) is 30.5 Å². The lowest BCUT2D eigenvalue weighted by molar-refractivity contribution is -0.116. The molecule has 0 atom stereocenters. The second-order valence-electron chi connectivity index (χ2n) is 5.27. The third-order valence-electron chi connectivity index (χ3n) is 2.73. The highest BCUT2D eigenvalue weighted by atomic mass is 32.2. The van der Waals surface area contributed by atoms with E-state index >= 15 is 0 Å². The Hall–Kier alpha value is -1.76. The first kappa shape index (κ1) is 17.3. The van der Waals surface area contributed by atoms with E-state index < -0.39 is 10.0 Å². The zero-order valence-electron chi connectivity index (χ0n) is 12.8. The van der Waals surface area contributed by atoms with E-state index in [2.05, 4.69) is 23.9 Å². The number of methoxy groups -OCH3 is 1. The lowest BCUT2D eigenvalue weighted by Crippen LogP contribution is -2.14. The Morgan fingerprint density at radius 2 is 2.00 bits per heavy atom. The minimum Gasteiger partial charge on any atom is -0.495 e. The number of hydrogen-bond acceptors (Lipinski definition) is 4. The third-order valence-corrected chi connectivity index (χ3v) is 3.32. The Morgan fingerprint density at radius 1 is 1.33 bits per heavy atom. The Bertz CT molecular complexity index is 597. The van der Waals surface area contributed by atoms with Gasteiger partial charge >= 0.3 is 0 Å². The maximum absolute atomic E-state index is 11.8. The quantitative estimate of drug-likeness (QED) is 0.809. The zero-order valence-corrected chi connectivity index (χ0v) is 13.6. The van der Waals surface area contributed by atoms with Gasteiger partial charge in [0.1, 0.15) is 5.75 Å². The molecular formula is C14H22N2O4S. The molecule has 1 amide bonds. The number of carbonyl (C=O) groups is 1. The number of benzene rings is 1. The van der Waals surface area contributed by atoms with Crippen molar-refractivity contribution in [1.82, 2.24) is 0 Å². The number of nitrogens with one attached hydrogen (secondary N) is 2. The molecule has 21 heavy (non-hydrogen) atoms. The van der Waals surface area contributed by atoms with Crippen molar-refractivity contribution in [2.75, 3.05) is 23.4 Å². The average Bonchev–Trinajstić information content (AvgIpc) is 2.35. The summed E-state index contributed by atoms with van der Waals surface area (Å²) in [4.78, 5) is 11.8. The summed E-state index contributed by atoms with van der Waals surface area (Å²) in [6.07, 6.45) is 2.29. The standard InChI is InChI=1S/C14H22N2O4S/c1-10(2)5-8-14(17)15-11-6-7-13(20-3)12(9-11)16-21(4,18)19/h6-7,9-10,16H,5,8H2,1-4H3,(H,15,17). The van der Waals surface area contributed by atoms with Gasteiger partial charge in [0.05, 0.1) is 19.1 Å². The van der Waals surface area contributed by atoms with Crippen molar-refractivity contribution in [3.8, 4) is 5.75 Å². The van der Waals surface area contributed by atoms with Crippen molar-refractivity contribution in [3.63, 3.8) is 0 Å². The summed E-state index contributed by atoms with van der Waals surface area (Å²) in [5, 5.41) is 2.75. The second-order valence-corrected chi connectivity index (χ2v) is 7.02. The first-order chi connectivity index (χ1) is 9.71. The van der Waals surface area contributed by atoms with Crippen LogP contribution in [0.15, 0.2) is 18.2 Å². The summed E-state index contributed by atoms with van der Waals surface area (Å²) < 4.78 is 30.1. The summed E-state index contributed by atoms with van der Waals surface area (Å²) in [5.74, 6) is 0.744. The molecule has 0 aliphatic rings. The Morgan fingerprint density at radius 3 is 2.52 bits per heavy atom. The highest BCUT2D eigenvalue weighted by Crippen LogP contribution is 2.28. The molecule has 0 unspecified atom stereocenters. The van der Waals surface area contributed by atoms with Crippen LogP contribution in [0, 0.1) is 5.92 Å². The number of hydrogen-bond donors (Lipinski definition) is 2. The van der Waals surface area contributed by atoms with Crippen LogP contribution < -0.4 is 14.8 Å². The maximum atomic E-state index is 11.8. The fraction of sp³-hybridized carbons (Fsp3) is 0.500. The number of anilines is 2. The normalized spacial score (nSPS) is 11.3. The van der Waals surface area contributed by atoms with Crippen molar-refractivity contribution >= 4 is 27.3 Å². The van der Waals surface area contributed by atoms with Gasteiger partial charge in [-0.3, -0.25) is 9.52 Å². The first-order valence-electron chi connectivity index (χ1n) is 6.67. The summed E-state index contributed by atoms with van der Waals surface area (Å²) in [6.45, 7) is 4.10. The molecule has 0 fully saturated rings. The fourth-order valence-corrected chi connectivity index (χ4v) is 2.27. The van der Waals surface area contributed by atoms with Crippen LogP contribution in [-0.2, 0) is 14.8 Å². The molecule has 1 rings (SSSR count). The molecule has 0 saturated heterocycles. The molecule has 1 aromatic carbocycles. The van der Waals surface area contributed by atoms with E-state index in [-0.39, 0.29) is 5.91 Å². The van der Waals surface area contributed by atoms with Crippen molar-refractivity contribution in [2.24, 2.45) is 5.92 Å². The maximum Gasteiger partial charge on any atom is 0.229 e. The lowest BCUT2D eigenvalue weighted by atomic mass is 10.1. The molecule has 7 heteroatoms. The van der Waals surface area contributed by atoms with E-state index in [0.29, 0.717) is 29.5 Å². The number of ether oxygens (including phenoxy) is 1. The van der Waals surface area contributed by atoms with E-state index in [1.165, 1.54) is 13.2 Å². The monoisotopic (exact) mass is 314 g/mol. The van der Waals surface area contributed by atoms with E-state index in [9.17, 15) is 13.2 Å². The molecule has 2 N–H and O–H groups in total. The van der Waals surface area contributed by atoms with Crippen molar-refractivity contribution in [3.05, 3.63) is 18.2 Å². The van der Waals surface area contributed by atoms with Gasteiger partial charge in [0.2, 0.25) is 15.9 Å². The van der Waals surface area contributed by atoms with Crippen molar-refractivity contribution < 1.29 is 17.9 Å². The zero-order chi connectivity index (χ0) is 16.0. The van der Waals surface area contributed by atoms with Crippen molar-refractivity contribution in [1.29, 1.82) is 0 Å². The van der Waals surface area contributed by atoms with Crippen LogP contribution in [-0.4, -0.2) is 27.7 Å². The minimum atomic E-state index is -3.42.